The van der Waals surface area contributed by atoms with Gasteiger partial charge in [-0.15, -0.1) is 0 Å². The van der Waals surface area contributed by atoms with E-state index in [4.69, 9.17) is 12.2 Å². The third-order valence-corrected chi connectivity index (χ3v) is 5.25. The Morgan fingerprint density at radius 1 is 0.969 bits per heavy atom. The molecule has 1 aliphatic heterocycles. The summed E-state index contributed by atoms with van der Waals surface area (Å²) in [5.74, 6) is -0.403. The van der Waals surface area contributed by atoms with Crippen molar-refractivity contribution in [2.24, 2.45) is 0 Å². The standard InChI is InChI=1S/C23H24N4O4S/c28-21(14-7-17-5-12-20(13-6-17)27(30)31)25-23(32)24-19-10-8-18(9-11-19)22(29)26-15-3-1-2-4-16-26/h5-14H,1-4,15-16H2,(H2,24,25,28,32)/b14-7+. The maximum atomic E-state index is 12.7. The molecule has 0 aromatic heterocycles. The summed E-state index contributed by atoms with van der Waals surface area (Å²) in [5.41, 5.74) is 1.91. The number of hydrogen-bond acceptors (Lipinski definition) is 5. The third kappa shape index (κ3) is 6.71. The van der Waals surface area contributed by atoms with Crippen LogP contribution in [0.2, 0.25) is 0 Å². The Labute approximate surface area is 191 Å². The molecule has 0 aliphatic carbocycles. The Morgan fingerprint density at radius 3 is 2.19 bits per heavy atom. The van der Waals surface area contributed by atoms with Gasteiger partial charge in [0.25, 0.3) is 11.6 Å². The van der Waals surface area contributed by atoms with E-state index in [9.17, 15) is 19.7 Å². The smallest absolute Gasteiger partial charge is 0.269 e. The molecule has 2 aromatic rings. The number of carbonyl (C=O) groups excluding carboxylic acids is 2. The van der Waals surface area contributed by atoms with Crippen LogP contribution in [0, 0.1) is 10.1 Å². The zero-order valence-corrected chi connectivity index (χ0v) is 18.3. The summed E-state index contributed by atoms with van der Waals surface area (Å²) < 4.78 is 0. The summed E-state index contributed by atoms with van der Waals surface area (Å²) in [6, 6.07) is 12.8. The highest BCUT2D eigenvalue weighted by molar-refractivity contribution is 7.80. The first-order valence-electron chi connectivity index (χ1n) is 10.4. The molecule has 2 aromatic carbocycles. The second-order valence-corrected chi connectivity index (χ2v) is 7.82. The first-order valence-corrected chi connectivity index (χ1v) is 10.8. The monoisotopic (exact) mass is 452 g/mol. The van der Waals surface area contributed by atoms with Gasteiger partial charge in [-0.1, -0.05) is 12.8 Å². The van der Waals surface area contributed by atoms with Gasteiger partial charge >= 0.3 is 0 Å². The Hall–Kier alpha value is -3.59. The fourth-order valence-corrected chi connectivity index (χ4v) is 3.57. The molecule has 9 heteroatoms. The highest BCUT2D eigenvalue weighted by Crippen LogP contribution is 2.16. The molecular formula is C23H24N4O4S. The second-order valence-electron chi connectivity index (χ2n) is 7.41. The predicted molar refractivity (Wildman–Crippen MR) is 127 cm³/mol. The van der Waals surface area contributed by atoms with Crippen molar-refractivity contribution in [1.82, 2.24) is 10.2 Å². The van der Waals surface area contributed by atoms with Gasteiger partial charge in [0.2, 0.25) is 5.91 Å². The van der Waals surface area contributed by atoms with Crippen molar-refractivity contribution in [2.75, 3.05) is 18.4 Å². The van der Waals surface area contributed by atoms with Crippen LogP contribution in [0.25, 0.3) is 6.08 Å². The van der Waals surface area contributed by atoms with Gasteiger partial charge in [-0.3, -0.25) is 25.0 Å². The van der Waals surface area contributed by atoms with Crippen molar-refractivity contribution >= 4 is 46.6 Å². The number of rotatable bonds is 5. The third-order valence-electron chi connectivity index (χ3n) is 5.05. The number of thiocarbonyl (C=S) groups is 1. The maximum absolute atomic E-state index is 12.7. The normalized spacial score (nSPS) is 13.9. The molecule has 1 saturated heterocycles. The topological polar surface area (TPSA) is 105 Å². The number of nitro groups is 1. The number of anilines is 1. The molecule has 1 heterocycles. The fraction of sp³-hybridized carbons (Fsp3) is 0.261. The summed E-state index contributed by atoms with van der Waals surface area (Å²) in [6.07, 6.45) is 7.23. The number of hydrogen-bond donors (Lipinski definition) is 2. The highest BCUT2D eigenvalue weighted by atomic mass is 32.1. The minimum absolute atomic E-state index is 0.0175. The van der Waals surface area contributed by atoms with Crippen LogP contribution in [0.4, 0.5) is 11.4 Å². The highest BCUT2D eigenvalue weighted by Gasteiger charge is 2.17. The number of nitro benzene ring substituents is 1. The molecule has 3 rings (SSSR count). The summed E-state index contributed by atoms with van der Waals surface area (Å²) in [7, 11) is 0. The van der Waals surface area contributed by atoms with Gasteiger partial charge in [-0.2, -0.15) is 0 Å². The van der Waals surface area contributed by atoms with E-state index in [1.165, 1.54) is 37.1 Å². The van der Waals surface area contributed by atoms with Gasteiger partial charge in [0.1, 0.15) is 0 Å². The van der Waals surface area contributed by atoms with E-state index in [-0.39, 0.29) is 16.7 Å². The van der Waals surface area contributed by atoms with Crippen LogP contribution in [0.15, 0.2) is 54.6 Å². The molecule has 0 bridgehead atoms. The number of nitrogens with one attached hydrogen (secondary N) is 2. The molecule has 0 saturated carbocycles. The van der Waals surface area contributed by atoms with E-state index in [1.54, 1.807) is 36.4 Å². The minimum Gasteiger partial charge on any atom is -0.339 e. The van der Waals surface area contributed by atoms with Crippen molar-refractivity contribution in [3.05, 3.63) is 75.8 Å². The van der Waals surface area contributed by atoms with Crippen molar-refractivity contribution in [2.45, 2.75) is 25.7 Å². The van der Waals surface area contributed by atoms with Gasteiger partial charge in [-0.25, -0.2) is 0 Å². The maximum Gasteiger partial charge on any atom is 0.269 e. The molecule has 8 nitrogen and oxygen atoms in total. The quantitative estimate of drug-likeness (QED) is 0.306. The van der Waals surface area contributed by atoms with Crippen LogP contribution in [0.3, 0.4) is 0 Å². The average Bonchev–Trinajstić information content (AvgIpc) is 3.07. The number of carbonyl (C=O) groups is 2. The Kier molecular flexibility index (Phi) is 8.04. The van der Waals surface area contributed by atoms with Crippen molar-refractivity contribution < 1.29 is 14.5 Å². The molecule has 166 valence electrons. The van der Waals surface area contributed by atoms with E-state index in [0.717, 1.165) is 25.9 Å². The van der Waals surface area contributed by atoms with Crippen LogP contribution in [-0.2, 0) is 4.79 Å². The predicted octanol–water partition coefficient (Wildman–Crippen LogP) is 4.14. The fourth-order valence-electron chi connectivity index (χ4n) is 3.35. The van der Waals surface area contributed by atoms with Gasteiger partial charge in [-0.05, 0) is 73.1 Å². The lowest BCUT2D eigenvalue weighted by Crippen LogP contribution is -2.33. The summed E-state index contributed by atoms with van der Waals surface area (Å²) >= 11 is 5.16. The Bertz CT molecular complexity index is 1010. The Balaban J connectivity index is 1.50. The summed E-state index contributed by atoms with van der Waals surface area (Å²) in [6.45, 7) is 1.59. The molecule has 0 unspecified atom stereocenters. The van der Waals surface area contributed by atoms with Crippen LogP contribution in [0.5, 0.6) is 0 Å². The first-order chi connectivity index (χ1) is 15.4. The van der Waals surface area contributed by atoms with E-state index < -0.39 is 10.8 Å². The van der Waals surface area contributed by atoms with Crippen LogP contribution >= 0.6 is 12.2 Å². The average molecular weight is 453 g/mol. The lowest BCUT2D eigenvalue weighted by Gasteiger charge is -2.20. The van der Waals surface area contributed by atoms with Crippen molar-refractivity contribution in [3.63, 3.8) is 0 Å². The Morgan fingerprint density at radius 2 is 1.59 bits per heavy atom. The molecule has 0 radical (unpaired) electrons. The molecule has 1 aliphatic rings. The molecule has 32 heavy (non-hydrogen) atoms. The van der Waals surface area contributed by atoms with Gasteiger partial charge < -0.3 is 10.2 Å². The van der Waals surface area contributed by atoms with E-state index >= 15 is 0 Å². The van der Waals surface area contributed by atoms with Crippen LogP contribution in [0.1, 0.15) is 41.6 Å². The lowest BCUT2D eigenvalue weighted by molar-refractivity contribution is -0.384. The molecule has 2 N–H and O–H groups in total. The molecule has 0 spiro atoms. The summed E-state index contributed by atoms with van der Waals surface area (Å²) in [4.78, 5) is 36.8. The second kappa shape index (κ2) is 11.1. The number of non-ortho nitro benzene ring substituents is 1. The van der Waals surface area contributed by atoms with Crippen molar-refractivity contribution in [1.29, 1.82) is 0 Å². The van der Waals surface area contributed by atoms with Crippen molar-refractivity contribution in [3.8, 4) is 0 Å². The zero-order chi connectivity index (χ0) is 22.9. The van der Waals surface area contributed by atoms with E-state index in [1.807, 2.05) is 4.90 Å². The number of nitrogens with zero attached hydrogens (tertiary/aromatic N) is 2. The largest absolute Gasteiger partial charge is 0.339 e. The molecule has 2 amide bonds. The van der Waals surface area contributed by atoms with Gasteiger partial charge in [0.15, 0.2) is 5.11 Å². The lowest BCUT2D eigenvalue weighted by atomic mass is 10.1. The van der Waals surface area contributed by atoms with Crippen LogP contribution < -0.4 is 10.6 Å². The number of benzene rings is 2. The SMILES string of the molecule is O=C(/C=C/c1ccc([N+](=O)[O-])cc1)NC(=S)Nc1ccc(C(=O)N2CCCCCC2)cc1. The van der Waals surface area contributed by atoms with Gasteiger partial charge in [0.05, 0.1) is 4.92 Å². The molecule has 0 atom stereocenters. The molecular weight excluding hydrogens is 428 g/mol. The number of amides is 2. The zero-order valence-electron chi connectivity index (χ0n) is 17.5. The van der Waals surface area contributed by atoms with E-state index in [0.29, 0.717) is 16.8 Å². The number of likely N-dealkylation sites (tertiary alicyclic amines) is 1. The van der Waals surface area contributed by atoms with Gasteiger partial charge in [0, 0.05) is 42.5 Å². The minimum atomic E-state index is -0.484. The van der Waals surface area contributed by atoms with Crippen LogP contribution in [-0.4, -0.2) is 39.8 Å². The van der Waals surface area contributed by atoms with E-state index in [2.05, 4.69) is 10.6 Å². The first kappa shape index (κ1) is 23.1. The summed E-state index contributed by atoms with van der Waals surface area (Å²) in [5, 5.41) is 16.2. The molecule has 1 fully saturated rings.